The summed E-state index contributed by atoms with van der Waals surface area (Å²) >= 11 is 3.33. The van der Waals surface area contributed by atoms with E-state index in [0.29, 0.717) is 6.42 Å². The van der Waals surface area contributed by atoms with Crippen molar-refractivity contribution in [3.05, 3.63) is 29.8 Å². The number of carbonyl (C=O) groups is 1. The summed E-state index contributed by atoms with van der Waals surface area (Å²) in [5, 5.41) is 11.4. The second-order valence-electron chi connectivity index (χ2n) is 5.98. The maximum atomic E-state index is 12.3. The molecular formula is C17H24BrNO3. The van der Waals surface area contributed by atoms with E-state index in [4.69, 9.17) is 4.74 Å². The molecule has 3 atom stereocenters. The largest absolute Gasteiger partial charge is 0.497 e. The molecule has 2 rings (SSSR count). The number of hydrogen-bond acceptors (Lipinski definition) is 3. The zero-order chi connectivity index (χ0) is 16.3. The quantitative estimate of drug-likeness (QED) is 0.829. The van der Waals surface area contributed by atoms with Gasteiger partial charge < -0.3 is 14.7 Å². The van der Waals surface area contributed by atoms with Gasteiger partial charge in [0.2, 0.25) is 5.91 Å². The van der Waals surface area contributed by atoms with Gasteiger partial charge in [-0.2, -0.15) is 0 Å². The number of hydrogen-bond donors (Lipinski definition) is 1. The predicted octanol–water partition coefficient (Wildman–Crippen LogP) is 3.07. The third kappa shape index (κ3) is 3.30. The van der Waals surface area contributed by atoms with Crippen LogP contribution in [0.15, 0.2) is 24.3 Å². The number of nitrogens with zero attached hydrogens (tertiary/aromatic N) is 1. The van der Waals surface area contributed by atoms with Crippen LogP contribution < -0.4 is 4.74 Å². The summed E-state index contributed by atoms with van der Waals surface area (Å²) in [6, 6.07) is 7.30. The number of halogens is 1. The third-order valence-corrected chi connectivity index (χ3v) is 4.95. The molecule has 0 aromatic heterocycles. The minimum Gasteiger partial charge on any atom is -0.497 e. The second-order valence-corrected chi connectivity index (χ2v) is 7.36. The number of ether oxygens (including phenoxy) is 1. The SMILES string of the molecule is COc1cccc([C@]2(O)CCCC[C@H]2N(C)C(=O)C(C)Br)c1. The van der Waals surface area contributed by atoms with Gasteiger partial charge in [0.15, 0.2) is 0 Å². The maximum Gasteiger partial charge on any atom is 0.236 e. The highest BCUT2D eigenvalue weighted by Gasteiger charge is 2.44. The molecule has 0 bridgehead atoms. The second kappa shape index (κ2) is 7.01. The molecular weight excluding hydrogens is 346 g/mol. The van der Waals surface area contributed by atoms with E-state index in [1.807, 2.05) is 31.2 Å². The molecule has 0 aliphatic heterocycles. The summed E-state index contributed by atoms with van der Waals surface area (Å²) in [4.78, 5) is 13.8. The Morgan fingerprint density at radius 1 is 1.50 bits per heavy atom. The highest BCUT2D eigenvalue weighted by atomic mass is 79.9. The molecule has 1 aromatic carbocycles. The fraction of sp³-hybridized carbons (Fsp3) is 0.588. The van der Waals surface area contributed by atoms with E-state index in [-0.39, 0.29) is 16.8 Å². The van der Waals surface area contributed by atoms with E-state index >= 15 is 0 Å². The van der Waals surface area contributed by atoms with Crippen molar-refractivity contribution >= 4 is 21.8 Å². The van der Waals surface area contributed by atoms with Gasteiger partial charge >= 0.3 is 0 Å². The smallest absolute Gasteiger partial charge is 0.236 e. The number of amides is 1. The average Bonchev–Trinajstić information content (AvgIpc) is 2.53. The summed E-state index contributed by atoms with van der Waals surface area (Å²) in [5.74, 6) is 0.714. The molecule has 22 heavy (non-hydrogen) atoms. The Kier molecular flexibility index (Phi) is 5.50. The number of likely N-dealkylation sites (N-methyl/N-ethyl adjacent to an activating group) is 1. The molecule has 1 aliphatic rings. The van der Waals surface area contributed by atoms with Gasteiger partial charge in [0.05, 0.1) is 18.0 Å². The first kappa shape index (κ1) is 17.3. The van der Waals surface area contributed by atoms with Crippen LogP contribution in [0, 0.1) is 0 Å². The lowest BCUT2D eigenvalue weighted by Gasteiger charge is -2.45. The van der Waals surface area contributed by atoms with E-state index < -0.39 is 5.60 Å². The van der Waals surface area contributed by atoms with Crippen LogP contribution in [0.4, 0.5) is 0 Å². The molecule has 4 nitrogen and oxygen atoms in total. The van der Waals surface area contributed by atoms with Crippen molar-refractivity contribution in [1.82, 2.24) is 4.90 Å². The van der Waals surface area contributed by atoms with E-state index in [2.05, 4.69) is 15.9 Å². The van der Waals surface area contributed by atoms with Crippen LogP contribution in [-0.4, -0.2) is 40.9 Å². The molecule has 1 unspecified atom stereocenters. The molecule has 122 valence electrons. The molecule has 1 fully saturated rings. The van der Waals surface area contributed by atoms with Gasteiger partial charge in [0, 0.05) is 7.05 Å². The van der Waals surface area contributed by atoms with Crippen molar-refractivity contribution in [1.29, 1.82) is 0 Å². The average molecular weight is 370 g/mol. The van der Waals surface area contributed by atoms with Crippen LogP contribution in [0.3, 0.4) is 0 Å². The molecule has 1 N–H and O–H groups in total. The van der Waals surface area contributed by atoms with Gasteiger partial charge in [-0.25, -0.2) is 0 Å². The highest BCUT2D eigenvalue weighted by Crippen LogP contribution is 2.40. The van der Waals surface area contributed by atoms with Crippen LogP contribution in [-0.2, 0) is 10.4 Å². The van der Waals surface area contributed by atoms with Crippen molar-refractivity contribution in [2.45, 2.75) is 49.1 Å². The normalized spacial score (nSPS) is 26.3. The van der Waals surface area contributed by atoms with Gasteiger partial charge in [-0.3, -0.25) is 4.79 Å². The van der Waals surface area contributed by atoms with E-state index in [9.17, 15) is 9.90 Å². The minimum absolute atomic E-state index is 0.00628. The molecule has 1 saturated carbocycles. The maximum absolute atomic E-state index is 12.3. The van der Waals surface area contributed by atoms with E-state index in [1.165, 1.54) is 0 Å². The zero-order valence-corrected chi connectivity index (χ0v) is 15.0. The van der Waals surface area contributed by atoms with E-state index in [1.54, 1.807) is 19.1 Å². The Morgan fingerprint density at radius 2 is 2.23 bits per heavy atom. The lowest BCUT2D eigenvalue weighted by atomic mass is 9.75. The predicted molar refractivity (Wildman–Crippen MR) is 90.3 cm³/mol. The van der Waals surface area contributed by atoms with Crippen LogP contribution >= 0.6 is 15.9 Å². The molecule has 1 amide bonds. The Hall–Kier alpha value is -1.07. The fourth-order valence-corrected chi connectivity index (χ4v) is 3.64. The lowest BCUT2D eigenvalue weighted by molar-refractivity contribution is -0.141. The van der Waals surface area contributed by atoms with Gasteiger partial charge in [0.1, 0.15) is 11.4 Å². The first-order chi connectivity index (χ1) is 10.4. The summed E-state index contributed by atoms with van der Waals surface area (Å²) in [6.45, 7) is 1.81. The topological polar surface area (TPSA) is 49.8 Å². The summed E-state index contributed by atoms with van der Waals surface area (Å²) in [6.07, 6.45) is 3.43. The number of carbonyl (C=O) groups excluding carboxylic acids is 1. The first-order valence-electron chi connectivity index (χ1n) is 7.68. The molecule has 1 aliphatic carbocycles. The molecule has 0 heterocycles. The molecule has 5 heteroatoms. The van der Waals surface area contributed by atoms with Crippen LogP contribution in [0.2, 0.25) is 0 Å². The minimum atomic E-state index is -1.03. The summed E-state index contributed by atoms with van der Waals surface area (Å²) in [7, 11) is 3.39. The van der Waals surface area contributed by atoms with Crippen molar-refractivity contribution < 1.29 is 14.6 Å². The van der Waals surface area contributed by atoms with Gasteiger partial charge in [-0.05, 0) is 37.5 Å². The van der Waals surface area contributed by atoms with Gasteiger partial charge in [-0.1, -0.05) is 40.9 Å². The van der Waals surface area contributed by atoms with Crippen LogP contribution in [0.5, 0.6) is 5.75 Å². The number of rotatable bonds is 4. The molecule has 0 spiro atoms. The Balaban J connectivity index is 2.36. The first-order valence-corrected chi connectivity index (χ1v) is 8.59. The molecule has 0 radical (unpaired) electrons. The number of alkyl halides is 1. The monoisotopic (exact) mass is 369 g/mol. The van der Waals surface area contributed by atoms with Gasteiger partial charge in [-0.15, -0.1) is 0 Å². The number of benzene rings is 1. The Morgan fingerprint density at radius 3 is 2.86 bits per heavy atom. The molecule has 0 saturated heterocycles. The summed E-state index contributed by atoms with van der Waals surface area (Å²) in [5.41, 5.74) is -0.211. The summed E-state index contributed by atoms with van der Waals surface area (Å²) < 4.78 is 5.27. The van der Waals surface area contributed by atoms with Crippen molar-refractivity contribution in [3.63, 3.8) is 0 Å². The van der Waals surface area contributed by atoms with Crippen molar-refractivity contribution in [2.24, 2.45) is 0 Å². The highest BCUT2D eigenvalue weighted by molar-refractivity contribution is 9.10. The van der Waals surface area contributed by atoms with Crippen molar-refractivity contribution in [2.75, 3.05) is 14.2 Å². The van der Waals surface area contributed by atoms with Gasteiger partial charge in [0.25, 0.3) is 0 Å². The fourth-order valence-electron chi connectivity index (χ4n) is 3.31. The van der Waals surface area contributed by atoms with E-state index in [0.717, 1.165) is 30.6 Å². The van der Waals surface area contributed by atoms with Crippen LogP contribution in [0.1, 0.15) is 38.2 Å². The Bertz CT molecular complexity index is 534. The third-order valence-electron chi connectivity index (χ3n) is 4.56. The lowest BCUT2D eigenvalue weighted by Crippen LogP contribution is -2.54. The number of methoxy groups -OCH3 is 1. The van der Waals surface area contributed by atoms with Crippen molar-refractivity contribution in [3.8, 4) is 5.75 Å². The zero-order valence-electron chi connectivity index (χ0n) is 13.4. The number of aliphatic hydroxyl groups is 1. The standard InChI is InChI=1S/C17H24BrNO3/c1-12(18)16(20)19(2)15-9-4-5-10-17(15,21)13-7-6-8-14(11-13)22-3/h6-8,11-12,15,21H,4-5,9-10H2,1-3H3/t12?,15-,17-/m1/s1. The van der Waals surface area contributed by atoms with Crippen LogP contribution in [0.25, 0.3) is 0 Å². The Labute approximate surface area is 140 Å². The molecule has 1 aromatic rings.